The Hall–Kier alpha value is -2.00. The van der Waals surface area contributed by atoms with Crippen LogP contribution in [0.25, 0.3) is 0 Å². The summed E-state index contributed by atoms with van der Waals surface area (Å²) < 4.78 is 28.6. The minimum atomic E-state index is -3.14. The van der Waals surface area contributed by atoms with Crippen molar-refractivity contribution < 1.29 is 8.42 Å². The van der Waals surface area contributed by atoms with Gasteiger partial charge in [0.15, 0.2) is 0 Å². The summed E-state index contributed by atoms with van der Waals surface area (Å²) in [6.07, 6.45) is 7.48. The van der Waals surface area contributed by atoms with Crippen LogP contribution in [0.5, 0.6) is 0 Å². The van der Waals surface area contributed by atoms with Crippen LogP contribution in [0, 0.1) is 0 Å². The van der Waals surface area contributed by atoms with Gasteiger partial charge in [-0.3, -0.25) is 4.68 Å². The van der Waals surface area contributed by atoms with Crippen molar-refractivity contribution in [2.75, 3.05) is 18.0 Å². The van der Waals surface area contributed by atoms with Gasteiger partial charge in [0.2, 0.25) is 16.0 Å². The van der Waals surface area contributed by atoms with Gasteiger partial charge in [-0.05, 0) is 31.4 Å². The van der Waals surface area contributed by atoms with Gasteiger partial charge in [0.25, 0.3) is 0 Å². The van der Waals surface area contributed by atoms with Crippen molar-refractivity contribution in [3.63, 3.8) is 0 Å². The maximum atomic E-state index is 12.0. The van der Waals surface area contributed by atoms with Gasteiger partial charge in [0, 0.05) is 31.7 Å². The highest BCUT2D eigenvalue weighted by Gasteiger charge is 2.35. The van der Waals surface area contributed by atoms with Gasteiger partial charge >= 0.3 is 0 Å². The second-order valence-corrected chi connectivity index (χ2v) is 8.32. The molecule has 1 N–H and O–H groups in total. The first-order chi connectivity index (χ1) is 11.6. The predicted molar refractivity (Wildman–Crippen MR) is 88.9 cm³/mol. The molecule has 0 unspecified atom stereocenters. The largest absolute Gasteiger partial charge is 0.333 e. The van der Waals surface area contributed by atoms with E-state index in [1.807, 2.05) is 10.7 Å². The number of aromatic nitrogens is 4. The molecule has 2 aromatic heterocycles. The lowest BCUT2D eigenvalue weighted by Gasteiger charge is -2.33. The first-order valence-electron chi connectivity index (χ1n) is 8.16. The number of anilines is 1. The molecule has 8 nitrogen and oxygen atoms in total. The maximum absolute atomic E-state index is 12.0. The average molecular weight is 348 g/mol. The maximum Gasteiger partial charge on any atom is 0.225 e. The van der Waals surface area contributed by atoms with Crippen LogP contribution in [0.15, 0.2) is 30.7 Å². The molecule has 1 atom stereocenters. The van der Waals surface area contributed by atoms with E-state index >= 15 is 0 Å². The van der Waals surface area contributed by atoms with Gasteiger partial charge in [-0.25, -0.2) is 23.1 Å². The van der Waals surface area contributed by atoms with Crippen molar-refractivity contribution in [3.05, 3.63) is 36.4 Å². The lowest BCUT2D eigenvalue weighted by molar-refractivity contribution is 0.374. The van der Waals surface area contributed by atoms with E-state index in [9.17, 15) is 8.42 Å². The van der Waals surface area contributed by atoms with Gasteiger partial charge in [0.05, 0.1) is 23.5 Å². The van der Waals surface area contributed by atoms with E-state index in [-0.39, 0.29) is 11.3 Å². The molecule has 2 aromatic rings. The van der Waals surface area contributed by atoms with Crippen molar-refractivity contribution in [1.29, 1.82) is 0 Å². The fourth-order valence-corrected chi connectivity index (χ4v) is 4.47. The summed E-state index contributed by atoms with van der Waals surface area (Å²) in [5, 5.41) is 4.22. The molecule has 0 amide bonds. The Morgan fingerprint density at radius 2 is 2.00 bits per heavy atom. The molecule has 9 heteroatoms. The Bertz CT molecular complexity index is 802. The molecule has 1 saturated carbocycles. The number of rotatable bonds is 6. The number of hydrogen-bond acceptors (Lipinski definition) is 6. The second-order valence-electron chi connectivity index (χ2n) is 6.28. The van der Waals surface area contributed by atoms with Crippen LogP contribution in [-0.2, 0) is 16.6 Å². The van der Waals surface area contributed by atoms with Crippen LogP contribution in [0.3, 0.4) is 0 Å². The molecule has 3 heterocycles. The van der Waals surface area contributed by atoms with Crippen molar-refractivity contribution in [3.8, 4) is 0 Å². The lowest BCUT2D eigenvalue weighted by Crippen LogP contribution is -2.40. The smallest absolute Gasteiger partial charge is 0.225 e. The first kappa shape index (κ1) is 15.5. The Morgan fingerprint density at radius 3 is 2.75 bits per heavy atom. The highest BCUT2D eigenvalue weighted by molar-refractivity contribution is 7.90. The summed E-state index contributed by atoms with van der Waals surface area (Å²) in [6.45, 7) is 1.84. The Kier molecular flexibility index (Phi) is 3.97. The van der Waals surface area contributed by atoms with Crippen LogP contribution in [0.1, 0.15) is 31.0 Å². The van der Waals surface area contributed by atoms with E-state index in [1.165, 1.54) is 0 Å². The van der Waals surface area contributed by atoms with Crippen molar-refractivity contribution in [1.82, 2.24) is 24.5 Å². The monoisotopic (exact) mass is 348 g/mol. The van der Waals surface area contributed by atoms with Gasteiger partial charge in [0.1, 0.15) is 0 Å². The number of nitrogens with zero attached hydrogens (tertiary/aromatic N) is 5. The van der Waals surface area contributed by atoms with Crippen molar-refractivity contribution in [2.45, 2.75) is 37.1 Å². The van der Waals surface area contributed by atoms with Crippen LogP contribution in [0.2, 0.25) is 0 Å². The molecule has 0 aromatic carbocycles. The van der Waals surface area contributed by atoms with Gasteiger partial charge in [-0.15, -0.1) is 0 Å². The lowest BCUT2D eigenvalue weighted by atomic mass is 10.1. The van der Waals surface area contributed by atoms with Crippen LogP contribution >= 0.6 is 0 Å². The molecular formula is C15H20N6O2S. The van der Waals surface area contributed by atoms with E-state index in [0.717, 1.165) is 18.5 Å². The fourth-order valence-electron chi connectivity index (χ4n) is 3.07. The highest BCUT2D eigenvalue weighted by atomic mass is 32.2. The van der Waals surface area contributed by atoms with Gasteiger partial charge in [-0.1, -0.05) is 0 Å². The average Bonchev–Trinajstić information content (AvgIpc) is 3.35. The third-order valence-corrected chi connectivity index (χ3v) is 6.42. The summed E-state index contributed by atoms with van der Waals surface area (Å²) in [6, 6.07) is 3.87. The second kappa shape index (κ2) is 6.14. The van der Waals surface area contributed by atoms with Crippen molar-refractivity contribution >= 4 is 16.0 Å². The third kappa shape index (κ3) is 3.13. The van der Waals surface area contributed by atoms with E-state index in [1.54, 1.807) is 24.7 Å². The molecule has 0 radical (unpaired) electrons. The van der Waals surface area contributed by atoms with Crippen LogP contribution in [-0.4, -0.2) is 46.5 Å². The topological polar surface area (TPSA) is 93.0 Å². The van der Waals surface area contributed by atoms with E-state index in [4.69, 9.17) is 0 Å². The first-order valence-corrected chi connectivity index (χ1v) is 9.71. The number of hydrogen-bond donors (Lipinski definition) is 1. The number of sulfonamides is 1. The molecule has 0 spiro atoms. The van der Waals surface area contributed by atoms with E-state index < -0.39 is 10.0 Å². The summed E-state index contributed by atoms with van der Waals surface area (Å²) in [4.78, 5) is 10.7. The molecule has 0 bridgehead atoms. The summed E-state index contributed by atoms with van der Waals surface area (Å²) in [5.41, 5.74) is 1.09. The summed E-state index contributed by atoms with van der Waals surface area (Å²) in [7, 11) is -3.14. The van der Waals surface area contributed by atoms with Crippen molar-refractivity contribution in [2.24, 2.45) is 0 Å². The standard InChI is InChI=1S/C15H20N6O2S/c22-24(23,14-2-3-14)19-9-5-13-11-20(15-16-6-1-7-17-15)10-12-4-8-18-21(12)13/h1,4,6-8,13-14,19H,2-3,5,9-11H2/t13-/m0/s1. The molecular weight excluding hydrogens is 328 g/mol. The van der Waals surface area contributed by atoms with Gasteiger partial charge < -0.3 is 4.90 Å². The minimum absolute atomic E-state index is 0.0921. The fraction of sp³-hybridized carbons (Fsp3) is 0.533. The summed E-state index contributed by atoms with van der Waals surface area (Å²) >= 11 is 0. The molecule has 0 saturated heterocycles. The Balaban J connectivity index is 1.45. The molecule has 4 rings (SSSR count). The molecule has 2 aliphatic rings. The molecule has 128 valence electrons. The van der Waals surface area contributed by atoms with Gasteiger partial charge in [-0.2, -0.15) is 5.10 Å². The van der Waals surface area contributed by atoms with Crippen LogP contribution in [0.4, 0.5) is 5.95 Å². The van der Waals surface area contributed by atoms with E-state index in [0.29, 0.717) is 32.0 Å². The SMILES string of the molecule is O=S(=O)(NCC[C@H]1CN(c2ncccn2)Cc2ccnn21)C1CC1. The zero-order valence-corrected chi connectivity index (χ0v) is 14.1. The third-order valence-electron chi connectivity index (χ3n) is 4.46. The Labute approximate surface area is 141 Å². The highest BCUT2D eigenvalue weighted by Crippen LogP contribution is 2.28. The molecule has 1 aliphatic heterocycles. The normalized spacial score (nSPS) is 20.8. The molecule has 1 fully saturated rings. The molecule has 1 aliphatic carbocycles. The van der Waals surface area contributed by atoms with Crippen LogP contribution < -0.4 is 9.62 Å². The summed E-state index contributed by atoms with van der Waals surface area (Å²) in [5.74, 6) is 0.688. The zero-order chi connectivity index (χ0) is 16.6. The Morgan fingerprint density at radius 1 is 1.21 bits per heavy atom. The number of fused-ring (bicyclic) bond motifs is 1. The number of nitrogens with one attached hydrogen (secondary N) is 1. The van der Waals surface area contributed by atoms with E-state index in [2.05, 4.69) is 24.7 Å². The quantitative estimate of drug-likeness (QED) is 0.826. The zero-order valence-electron chi connectivity index (χ0n) is 13.2. The minimum Gasteiger partial charge on any atom is -0.333 e. The predicted octanol–water partition coefficient (Wildman–Crippen LogP) is 0.706. The molecule has 24 heavy (non-hydrogen) atoms.